The van der Waals surface area contributed by atoms with Crippen molar-refractivity contribution < 1.29 is 9.59 Å². The molecule has 0 bridgehead atoms. The van der Waals surface area contributed by atoms with Gasteiger partial charge in [0.2, 0.25) is 11.8 Å². The second kappa shape index (κ2) is 7.34. The predicted molar refractivity (Wildman–Crippen MR) is 92.6 cm³/mol. The highest BCUT2D eigenvalue weighted by Crippen LogP contribution is 2.22. The van der Waals surface area contributed by atoms with Crippen molar-refractivity contribution in [2.24, 2.45) is 5.92 Å². The lowest BCUT2D eigenvalue weighted by atomic mass is 10.1. The van der Waals surface area contributed by atoms with Crippen LogP contribution in [0.5, 0.6) is 0 Å². The number of piperazine rings is 1. The van der Waals surface area contributed by atoms with Gasteiger partial charge in [-0.05, 0) is 12.1 Å². The predicted octanol–water partition coefficient (Wildman–Crippen LogP) is 0.636. The molecule has 0 saturated carbocycles. The number of nitrogens with zero attached hydrogens (tertiary/aromatic N) is 5. The molecule has 7 heteroatoms. The van der Waals surface area contributed by atoms with E-state index in [0.717, 1.165) is 0 Å². The normalized spacial score (nSPS) is 20.5. The van der Waals surface area contributed by atoms with Crippen LogP contribution in [-0.2, 0) is 9.59 Å². The van der Waals surface area contributed by atoms with E-state index in [-0.39, 0.29) is 24.2 Å². The van der Waals surface area contributed by atoms with Crippen molar-refractivity contribution in [3.05, 3.63) is 36.5 Å². The van der Waals surface area contributed by atoms with Gasteiger partial charge < -0.3 is 14.7 Å². The molecule has 3 rings (SSSR count). The number of anilines is 1. The van der Waals surface area contributed by atoms with Crippen LogP contribution >= 0.6 is 0 Å². The van der Waals surface area contributed by atoms with Gasteiger partial charge in [0.15, 0.2) is 0 Å². The maximum absolute atomic E-state index is 12.7. The summed E-state index contributed by atoms with van der Waals surface area (Å²) in [6.45, 7) is 7.03. The molecule has 2 amide bonds. The van der Waals surface area contributed by atoms with Gasteiger partial charge in [-0.2, -0.15) is 5.26 Å². The summed E-state index contributed by atoms with van der Waals surface area (Å²) in [5.41, 5.74) is 0.545. The molecule has 0 radical (unpaired) electrons. The van der Waals surface area contributed by atoms with Gasteiger partial charge in [-0.15, -0.1) is 6.58 Å². The van der Waals surface area contributed by atoms with Gasteiger partial charge in [-0.25, -0.2) is 4.98 Å². The zero-order valence-corrected chi connectivity index (χ0v) is 14.1. The highest BCUT2D eigenvalue weighted by atomic mass is 16.2. The highest BCUT2D eigenvalue weighted by molar-refractivity contribution is 5.89. The number of pyridine rings is 1. The molecule has 3 heterocycles. The van der Waals surface area contributed by atoms with Crippen LogP contribution in [0.25, 0.3) is 0 Å². The minimum absolute atomic E-state index is 0.0176. The average Bonchev–Trinajstić information content (AvgIpc) is 3.02. The molecule has 1 aromatic heterocycles. The van der Waals surface area contributed by atoms with E-state index in [1.54, 1.807) is 29.3 Å². The van der Waals surface area contributed by atoms with E-state index in [0.29, 0.717) is 50.6 Å². The fraction of sp³-hybridized carbons (Fsp3) is 0.444. The van der Waals surface area contributed by atoms with Crippen molar-refractivity contribution in [3.63, 3.8) is 0 Å². The summed E-state index contributed by atoms with van der Waals surface area (Å²) in [6.07, 6.45) is 3.64. The summed E-state index contributed by atoms with van der Waals surface area (Å²) in [6, 6.07) is 5.65. The maximum atomic E-state index is 12.7. The Bertz CT molecular complexity index is 718. The van der Waals surface area contributed by atoms with E-state index in [4.69, 9.17) is 0 Å². The van der Waals surface area contributed by atoms with Crippen molar-refractivity contribution in [1.29, 1.82) is 5.26 Å². The first-order valence-electron chi connectivity index (χ1n) is 8.41. The summed E-state index contributed by atoms with van der Waals surface area (Å²) in [4.78, 5) is 34.5. The second-order valence-corrected chi connectivity index (χ2v) is 6.29. The molecule has 0 unspecified atom stereocenters. The Hall–Kier alpha value is -2.88. The van der Waals surface area contributed by atoms with Crippen molar-refractivity contribution in [2.75, 3.05) is 44.2 Å². The molecule has 2 aliphatic heterocycles. The quantitative estimate of drug-likeness (QED) is 0.752. The Balaban J connectivity index is 1.59. The number of nitriles is 1. The molecule has 1 aromatic rings. The van der Waals surface area contributed by atoms with E-state index in [1.807, 2.05) is 9.80 Å². The molecule has 0 spiro atoms. The van der Waals surface area contributed by atoms with Gasteiger partial charge in [0, 0.05) is 51.9 Å². The number of likely N-dealkylation sites (tertiary alicyclic amines) is 1. The van der Waals surface area contributed by atoms with Crippen LogP contribution in [0.4, 0.5) is 5.82 Å². The third kappa shape index (κ3) is 3.48. The summed E-state index contributed by atoms with van der Waals surface area (Å²) < 4.78 is 0. The third-order valence-electron chi connectivity index (χ3n) is 4.71. The van der Waals surface area contributed by atoms with Crippen molar-refractivity contribution in [1.82, 2.24) is 14.8 Å². The van der Waals surface area contributed by atoms with Crippen LogP contribution in [0, 0.1) is 17.2 Å². The van der Waals surface area contributed by atoms with Crippen molar-refractivity contribution >= 4 is 17.6 Å². The monoisotopic (exact) mass is 339 g/mol. The highest BCUT2D eigenvalue weighted by Gasteiger charge is 2.36. The average molecular weight is 339 g/mol. The zero-order valence-electron chi connectivity index (χ0n) is 14.1. The standard InChI is InChI=1S/C18H21N5O2/c1-2-6-23-13-15(11-16(23)24)18(25)22-9-7-21(8-10-22)17-14(12-19)4-3-5-20-17/h2-5,15H,1,6-11,13H2/t15-/m1/s1. The lowest BCUT2D eigenvalue weighted by Crippen LogP contribution is -2.51. The van der Waals surface area contributed by atoms with E-state index in [2.05, 4.69) is 17.6 Å². The van der Waals surface area contributed by atoms with Crippen LogP contribution in [0.1, 0.15) is 12.0 Å². The maximum Gasteiger partial charge on any atom is 0.228 e. The van der Waals surface area contributed by atoms with Crippen LogP contribution in [0.3, 0.4) is 0 Å². The number of hydrogen-bond acceptors (Lipinski definition) is 5. The molecule has 25 heavy (non-hydrogen) atoms. The molecule has 2 saturated heterocycles. The van der Waals surface area contributed by atoms with Gasteiger partial charge in [0.05, 0.1) is 11.5 Å². The molecule has 130 valence electrons. The number of aromatic nitrogens is 1. The van der Waals surface area contributed by atoms with E-state index in [1.165, 1.54) is 0 Å². The van der Waals surface area contributed by atoms with Gasteiger partial charge in [0.25, 0.3) is 0 Å². The minimum Gasteiger partial charge on any atom is -0.352 e. The number of carbonyl (C=O) groups is 2. The Morgan fingerprint density at radius 3 is 2.84 bits per heavy atom. The van der Waals surface area contributed by atoms with Gasteiger partial charge >= 0.3 is 0 Å². The Kier molecular flexibility index (Phi) is 4.98. The van der Waals surface area contributed by atoms with Gasteiger partial charge in [-0.1, -0.05) is 6.08 Å². The first-order valence-corrected chi connectivity index (χ1v) is 8.41. The summed E-state index contributed by atoms with van der Waals surface area (Å²) in [5, 5.41) is 9.20. The number of rotatable bonds is 4. The molecule has 1 atom stereocenters. The largest absolute Gasteiger partial charge is 0.352 e. The molecule has 2 fully saturated rings. The van der Waals surface area contributed by atoms with Crippen molar-refractivity contribution in [3.8, 4) is 6.07 Å². The third-order valence-corrected chi connectivity index (χ3v) is 4.71. The van der Waals surface area contributed by atoms with E-state index in [9.17, 15) is 14.9 Å². The lowest BCUT2D eigenvalue weighted by Gasteiger charge is -2.36. The van der Waals surface area contributed by atoms with Crippen LogP contribution in [0.2, 0.25) is 0 Å². The molecular formula is C18H21N5O2. The Morgan fingerprint density at radius 2 is 2.16 bits per heavy atom. The SMILES string of the molecule is C=CCN1C[C@H](C(=O)N2CCN(c3ncccc3C#N)CC2)CC1=O. The first-order chi connectivity index (χ1) is 12.1. The molecule has 0 aromatic carbocycles. The minimum atomic E-state index is -0.261. The summed E-state index contributed by atoms with van der Waals surface area (Å²) >= 11 is 0. The van der Waals surface area contributed by atoms with Gasteiger partial charge in [-0.3, -0.25) is 9.59 Å². The molecule has 0 aliphatic carbocycles. The fourth-order valence-electron chi connectivity index (χ4n) is 3.40. The molecule has 0 N–H and O–H groups in total. The molecule has 7 nitrogen and oxygen atoms in total. The summed E-state index contributed by atoms with van der Waals surface area (Å²) in [5.74, 6) is 0.471. The Labute approximate surface area is 147 Å². The smallest absolute Gasteiger partial charge is 0.228 e. The second-order valence-electron chi connectivity index (χ2n) is 6.29. The number of hydrogen-bond donors (Lipinski definition) is 0. The number of carbonyl (C=O) groups excluding carboxylic acids is 2. The zero-order chi connectivity index (χ0) is 17.8. The number of amides is 2. The van der Waals surface area contributed by atoms with Gasteiger partial charge in [0.1, 0.15) is 11.9 Å². The summed E-state index contributed by atoms with van der Waals surface area (Å²) in [7, 11) is 0. The topological polar surface area (TPSA) is 80.5 Å². The van der Waals surface area contributed by atoms with Crippen LogP contribution in [-0.4, -0.2) is 65.9 Å². The fourth-order valence-corrected chi connectivity index (χ4v) is 3.40. The van der Waals surface area contributed by atoms with E-state index < -0.39 is 0 Å². The van der Waals surface area contributed by atoms with Crippen molar-refractivity contribution in [2.45, 2.75) is 6.42 Å². The molecular weight excluding hydrogens is 318 g/mol. The van der Waals surface area contributed by atoms with Crippen LogP contribution < -0.4 is 4.90 Å². The Morgan fingerprint density at radius 1 is 1.40 bits per heavy atom. The lowest BCUT2D eigenvalue weighted by molar-refractivity contribution is -0.136. The first kappa shape index (κ1) is 17.0. The molecule has 2 aliphatic rings. The van der Waals surface area contributed by atoms with Crippen LogP contribution in [0.15, 0.2) is 31.0 Å². The van der Waals surface area contributed by atoms with E-state index >= 15 is 0 Å².